The van der Waals surface area contributed by atoms with Crippen LogP contribution in [0.3, 0.4) is 0 Å². The van der Waals surface area contributed by atoms with Crippen molar-refractivity contribution >= 4 is 22.7 Å². The normalized spacial score (nSPS) is 17.9. The Kier molecular flexibility index (Phi) is 5.06. The average molecular weight is 340 g/mol. The van der Waals surface area contributed by atoms with Gasteiger partial charge >= 0.3 is 5.76 Å². The molecule has 0 N–H and O–H groups in total. The molecule has 126 valence electrons. The summed E-state index contributed by atoms with van der Waals surface area (Å²) >= 11 is 5.94. The zero-order chi connectivity index (χ0) is 16.4. The van der Waals surface area contributed by atoms with E-state index in [1.807, 2.05) is 13.1 Å². The van der Waals surface area contributed by atoms with Crippen molar-refractivity contribution in [2.24, 2.45) is 0 Å². The van der Waals surface area contributed by atoms with Crippen LogP contribution in [0.25, 0.3) is 11.1 Å². The molecule has 0 bridgehead atoms. The fourth-order valence-corrected chi connectivity index (χ4v) is 3.22. The first-order chi connectivity index (χ1) is 11.0. The Morgan fingerprint density at radius 1 is 1.35 bits per heavy atom. The number of nitrogens with zero attached hydrogens (tertiary/aromatic N) is 3. The lowest BCUT2D eigenvalue weighted by Gasteiger charge is -2.34. The summed E-state index contributed by atoms with van der Waals surface area (Å²) in [5.41, 5.74) is 1.29. The number of ether oxygens (including phenoxy) is 1. The molecule has 1 unspecified atom stereocenters. The summed E-state index contributed by atoms with van der Waals surface area (Å²) in [5.74, 6) is -0.354. The molecule has 23 heavy (non-hydrogen) atoms. The summed E-state index contributed by atoms with van der Waals surface area (Å²) in [5, 5.41) is 0.563. The highest BCUT2D eigenvalue weighted by molar-refractivity contribution is 6.31. The monoisotopic (exact) mass is 339 g/mol. The van der Waals surface area contributed by atoms with E-state index in [0.717, 1.165) is 38.4 Å². The number of hydrogen-bond acceptors (Lipinski definition) is 5. The van der Waals surface area contributed by atoms with Crippen LogP contribution in [0.2, 0.25) is 5.02 Å². The van der Waals surface area contributed by atoms with Gasteiger partial charge < -0.3 is 9.15 Å². The van der Waals surface area contributed by atoms with Gasteiger partial charge in [-0.2, -0.15) is 0 Å². The second kappa shape index (κ2) is 7.05. The molecule has 1 fully saturated rings. The van der Waals surface area contributed by atoms with Gasteiger partial charge in [-0.3, -0.25) is 14.4 Å². The van der Waals surface area contributed by atoms with Crippen molar-refractivity contribution in [3.8, 4) is 0 Å². The minimum absolute atomic E-state index is 0.354. The number of rotatable bonds is 5. The van der Waals surface area contributed by atoms with E-state index < -0.39 is 0 Å². The van der Waals surface area contributed by atoms with E-state index in [9.17, 15) is 4.79 Å². The topological polar surface area (TPSA) is 50.9 Å². The van der Waals surface area contributed by atoms with Crippen LogP contribution in [0.4, 0.5) is 0 Å². The minimum atomic E-state index is -0.354. The molecule has 0 spiro atoms. The number of morpholine rings is 1. The summed E-state index contributed by atoms with van der Waals surface area (Å²) in [6, 6.07) is 5.67. The Balaban J connectivity index is 1.69. The van der Waals surface area contributed by atoms with Crippen molar-refractivity contribution in [2.45, 2.75) is 19.6 Å². The molecule has 7 heteroatoms. The van der Waals surface area contributed by atoms with Gasteiger partial charge in [-0.25, -0.2) is 4.79 Å². The SMILES string of the molecule is CC(CN(C)Cn1c(=O)oc2cc(Cl)ccc21)N1CCOCC1. The number of hydrogen-bond donors (Lipinski definition) is 0. The van der Waals surface area contributed by atoms with Gasteiger partial charge in [-0.1, -0.05) is 11.6 Å². The second-order valence-electron chi connectivity index (χ2n) is 6.09. The molecule has 1 atom stereocenters. The van der Waals surface area contributed by atoms with Gasteiger partial charge in [0.25, 0.3) is 0 Å². The van der Waals surface area contributed by atoms with Gasteiger partial charge in [0.2, 0.25) is 0 Å². The third-order valence-corrected chi connectivity index (χ3v) is 4.49. The number of benzene rings is 1. The second-order valence-corrected chi connectivity index (χ2v) is 6.52. The third kappa shape index (κ3) is 3.77. The number of fused-ring (bicyclic) bond motifs is 1. The van der Waals surface area contributed by atoms with E-state index in [1.165, 1.54) is 0 Å². The Labute approximate surface area is 140 Å². The fourth-order valence-electron chi connectivity index (χ4n) is 3.06. The van der Waals surface area contributed by atoms with Crippen LogP contribution >= 0.6 is 11.6 Å². The maximum Gasteiger partial charge on any atom is 0.421 e. The number of likely N-dealkylation sites (N-methyl/N-ethyl adjacent to an activating group) is 1. The van der Waals surface area contributed by atoms with Gasteiger partial charge in [-0.05, 0) is 26.1 Å². The highest BCUT2D eigenvalue weighted by Gasteiger charge is 2.19. The van der Waals surface area contributed by atoms with Gasteiger partial charge in [0.05, 0.1) is 25.4 Å². The van der Waals surface area contributed by atoms with Crippen LogP contribution in [0.15, 0.2) is 27.4 Å². The lowest BCUT2D eigenvalue weighted by atomic mass is 10.2. The summed E-state index contributed by atoms with van der Waals surface area (Å²) in [7, 11) is 2.01. The molecule has 1 aromatic carbocycles. The van der Waals surface area contributed by atoms with Gasteiger partial charge in [0.1, 0.15) is 0 Å². The molecule has 0 amide bonds. The smallest absolute Gasteiger partial charge is 0.408 e. The number of halogens is 1. The van der Waals surface area contributed by atoms with Crippen molar-refractivity contribution in [2.75, 3.05) is 39.9 Å². The zero-order valence-corrected chi connectivity index (χ0v) is 14.3. The quantitative estimate of drug-likeness (QED) is 0.832. The van der Waals surface area contributed by atoms with E-state index in [-0.39, 0.29) is 5.76 Å². The Hall–Kier alpha value is -1.34. The summed E-state index contributed by atoms with van der Waals surface area (Å²) in [6.45, 7) is 7.07. The van der Waals surface area contributed by atoms with Gasteiger partial charge in [0, 0.05) is 36.8 Å². The first-order valence-electron chi connectivity index (χ1n) is 7.84. The Bertz CT molecular complexity index is 721. The summed E-state index contributed by atoms with van der Waals surface area (Å²) < 4.78 is 12.3. The highest BCUT2D eigenvalue weighted by atomic mass is 35.5. The van der Waals surface area contributed by atoms with E-state index in [0.29, 0.717) is 23.3 Å². The van der Waals surface area contributed by atoms with Crippen molar-refractivity contribution in [1.82, 2.24) is 14.4 Å². The molecule has 0 radical (unpaired) electrons. The lowest BCUT2D eigenvalue weighted by molar-refractivity contribution is 0.0123. The predicted octanol–water partition coefficient (Wildman–Crippen LogP) is 1.86. The Morgan fingerprint density at radius 2 is 2.09 bits per heavy atom. The molecular weight excluding hydrogens is 318 g/mol. The average Bonchev–Trinajstić information content (AvgIpc) is 2.83. The molecule has 0 saturated carbocycles. The van der Waals surface area contributed by atoms with Crippen LogP contribution in [0.1, 0.15) is 6.92 Å². The standard InChI is InChI=1S/C16H22ClN3O3/c1-12(19-5-7-22-8-6-19)10-18(2)11-20-14-4-3-13(17)9-15(14)23-16(20)21/h3-4,9,12H,5-8,10-11H2,1-2H3. The molecule has 2 aromatic rings. The molecule has 3 rings (SSSR count). The van der Waals surface area contributed by atoms with E-state index in [1.54, 1.807) is 16.7 Å². The van der Waals surface area contributed by atoms with Crippen molar-refractivity contribution < 1.29 is 9.15 Å². The van der Waals surface area contributed by atoms with Crippen molar-refractivity contribution in [3.05, 3.63) is 33.8 Å². The largest absolute Gasteiger partial charge is 0.421 e. The van der Waals surface area contributed by atoms with Gasteiger partial charge in [-0.15, -0.1) is 0 Å². The highest BCUT2D eigenvalue weighted by Crippen LogP contribution is 2.18. The number of aromatic nitrogens is 1. The molecule has 1 aromatic heterocycles. The maximum atomic E-state index is 12.1. The molecule has 6 nitrogen and oxygen atoms in total. The first kappa shape index (κ1) is 16.5. The Morgan fingerprint density at radius 3 is 2.83 bits per heavy atom. The zero-order valence-electron chi connectivity index (χ0n) is 13.5. The van der Waals surface area contributed by atoms with Crippen molar-refractivity contribution in [1.29, 1.82) is 0 Å². The molecular formula is C16H22ClN3O3. The molecule has 1 saturated heterocycles. The van der Waals surface area contributed by atoms with E-state index in [4.69, 9.17) is 20.8 Å². The van der Waals surface area contributed by atoms with Crippen LogP contribution in [-0.4, -0.2) is 60.3 Å². The molecule has 0 aliphatic carbocycles. The number of oxazole rings is 1. The maximum absolute atomic E-state index is 12.1. The minimum Gasteiger partial charge on any atom is -0.408 e. The van der Waals surface area contributed by atoms with Crippen LogP contribution in [0.5, 0.6) is 0 Å². The summed E-state index contributed by atoms with van der Waals surface area (Å²) in [4.78, 5) is 16.6. The van der Waals surface area contributed by atoms with Crippen LogP contribution in [-0.2, 0) is 11.4 Å². The lowest BCUT2D eigenvalue weighted by Crippen LogP contribution is -2.47. The van der Waals surface area contributed by atoms with Crippen LogP contribution < -0.4 is 5.76 Å². The molecule has 1 aliphatic rings. The predicted molar refractivity (Wildman–Crippen MR) is 90.0 cm³/mol. The van der Waals surface area contributed by atoms with Gasteiger partial charge in [0.15, 0.2) is 5.58 Å². The first-order valence-corrected chi connectivity index (χ1v) is 8.21. The van der Waals surface area contributed by atoms with Crippen molar-refractivity contribution in [3.63, 3.8) is 0 Å². The summed E-state index contributed by atoms with van der Waals surface area (Å²) in [6.07, 6.45) is 0. The van der Waals surface area contributed by atoms with E-state index in [2.05, 4.69) is 16.7 Å². The third-order valence-electron chi connectivity index (χ3n) is 4.26. The van der Waals surface area contributed by atoms with Crippen LogP contribution in [0, 0.1) is 0 Å². The molecule has 1 aliphatic heterocycles. The van der Waals surface area contributed by atoms with E-state index >= 15 is 0 Å². The molecule has 2 heterocycles. The fraction of sp³-hybridized carbons (Fsp3) is 0.562.